The fraction of sp³-hybridized carbons (Fsp3) is 0.467. The first-order valence-corrected chi connectivity index (χ1v) is 6.77. The van der Waals surface area contributed by atoms with E-state index in [1.165, 1.54) is 11.0 Å². The van der Waals surface area contributed by atoms with Gasteiger partial charge in [0.1, 0.15) is 5.75 Å². The summed E-state index contributed by atoms with van der Waals surface area (Å²) in [6.07, 6.45) is 3.60. The van der Waals surface area contributed by atoms with Gasteiger partial charge in [-0.1, -0.05) is 18.9 Å². The number of aryl methyl sites for hydroxylation is 1. The molecule has 1 saturated carbocycles. The van der Waals surface area contributed by atoms with Gasteiger partial charge >= 0.3 is 0 Å². The van der Waals surface area contributed by atoms with Crippen molar-refractivity contribution >= 4 is 17.5 Å². The molecule has 1 saturated heterocycles. The fourth-order valence-electron chi connectivity index (χ4n) is 3.21. The molecule has 1 aliphatic heterocycles. The van der Waals surface area contributed by atoms with Gasteiger partial charge in [-0.25, -0.2) is 4.90 Å². The zero-order valence-corrected chi connectivity index (χ0v) is 10.9. The Bertz CT molecular complexity index is 528. The molecule has 0 bridgehead atoms. The van der Waals surface area contributed by atoms with Gasteiger partial charge in [0.05, 0.1) is 17.5 Å². The van der Waals surface area contributed by atoms with Crippen molar-refractivity contribution < 1.29 is 14.7 Å². The van der Waals surface area contributed by atoms with E-state index in [1.807, 2.05) is 6.92 Å². The fourth-order valence-corrected chi connectivity index (χ4v) is 3.21. The second-order valence-electron chi connectivity index (χ2n) is 5.50. The highest BCUT2D eigenvalue weighted by atomic mass is 16.3. The average molecular weight is 259 g/mol. The SMILES string of the molecule is Cc1ccc(O)c(N2C(=O)[C@@H]3CCCC[C@H]3C2=O)c1. The van der Waals surface area contributed by atoms with E-state index in [9.17, 15) is 14.7 Å². The van der Waals surface area contributed by atoms with E-state index in [-0.39, 0.29) is 29.4 Å². The Morgan fingerprint density at radius 1 is 1.11 bits per heavy atom. The van der Waals surface area contributed by atoms with E-state index in [1.54, 1.807) is 12.1 Å². The van der Waals surface area contributed by atoms with Gasteiger partial charge in [0.15, 0.2) is 0 Å². The van der Waals surface area contributed by atoms with Gasteiger partial charge in [0.2, 0.25) is 11.8 Å². The molecule has 1 aromatic carbocycles. The van der Waals surface area contributed by atoms with Crippen LogP contribution in [0.5, 0.6) is 5.75 Å². The molecule has 0 radical (unpaired) electrons. The molecule has 1 N–H and O–H groups in total. The van der Waals surface area contributed by atoms with Crippen LogP contribution in [0.1, 0.15) is 31.2 Å². The van der Waals surface area contributed by atoms with Gasteiger partial charge in [-0.2, -0.15) is 0 Å². The summed E-state index contributed by atoms with van der Waals surface area (Å²) in [5, 5.41) is 9.92. The molecule has 0 aromatic heterocycles. The highest BCUT2D eigenvalue weighted by Crippen LogP contribution is 2.42. The molecule has 1 heterocycles. The Balaban J connectivity index is 2.03. The van der Waals surface area contributed by atoms with Gasteiger partial charge in [-0.05, 0) is 37.5 Å². The number of phenols is 1. The van der Waals surface area contributed by atoms with Crippen molar-refractivity contribution in [2.75, 3.05) is 4.90 Å². The molecule has 3 rings (SSSR count). The van der Waals surface area contributed by atoms with Gasteiger partial charge in [-0.15, -0.1) is 0 Å². The van der Waals surface area contributed by atoms with Gasteiger partial charge in [-0.3, -0.25) is 9.59 Å². The maximum atomic E-state index is 12.4. The summed E-state index contributed by atoms with van der Waals surface area (Å²) in [5.74, 6) is -0.653. The number of phenolic OH excluding ortho intramolecular Hbond substituents is 1. The van der Waals surface area contributed by atoms with Crippen molar-refractivity contribution in [1.29, 1.82) is 0 Å². The minimum Gasteiger partial charge on any atom is -0.506 e. The minimum atomic E-state index is -0.179. The van der Waals surface area contributed by atoms with E-state index < -0.39 is 0 Å². The standard InChI is InChI=1S/C15H17NO3/c1-9-6-7-13(17)12(8-9)16-14(18)10-4-2-3-5-11(10)15(16)19/h6-8,10-11,17H,2-5H2,1H3/t10-,11-/m1/s1. The quantitative estimate of drug-likeness (QED) is 0.788. The van der Waals surface area contributed by atoms with Gasteiger partial charge in [0, 0.05) is 0 Å². The number of carbonyl (C=O) groups is 2. The van der Waals surface area contributed by atoms with E-state index in [0.717, 1.165) is 31.2 Å². The summed E-state index contributed by atoms with van der Waals surface area (Å²) < 4.78 is 0. The van der Waals surface area contributed by atoms with E-state index >= 15 is 0 Å². The lowest BCUT2D eigenvalue weighted by atomic mass is 9.81. The van der Waals surface area contributed by atoms with Crippen molar-refractivity contribution in [3.05, 3.63) is 23.8 Å². The zero-order valence-electron chi connectivity index (χ0n) is 10.9. The van der Waals surface area contributed by atoms with Crippen LogP contribution >= 0.6 is 0 Å². The number of imide groups is 1. The van der Waals surface area contributed by atoms with Crippen molar-refractivity contribution in [3.8, 4) is 5.75 Å². The van der Waals surface area contributed by atoms with Crippen LogP contribution in [0.25, 0.3) is 0 Å². The summed E-state index contributed by atoms with van der Waals surface area (Å²) >= 11 is 0. The van der Waals surface area contributed by atoms with Crippen LogP contribution in [0.3, 0.4) is 0 Å². The first kappa shape index (κ1) is 12.2. The van der Waals surface area contributed by atoms with Crippen LogP contribution in [-0.2, 0) is 9.59 Å². The number of carbonyl (C=O) groups excluding carboxylic acids is 2. The van der Waals surface area contributed by atoms with Crippen LogP contribution in [0.2, 0.25) is 0 Å². The lowest BCUT2D eigenvalue weighted by molar-refractivity contribution is -0.122. The molecular formula is C15H17NO3. The number of anilines is 1. The number of amides is 2. The molecule has 19 heavy (non-hydrogen) atoms. The Labute approximate surface area is 112 Å². The Morgan fingerprint density at radius 2 is 1.68 bits per heavy atom. The van der Waals surface area contributed by atoms with E-state index in [2.05, 4.69) is 0 Å². The molecule has 2 atom stereocenters. The van der Waals surface area contributed by atoms with Gasteiger partial charge in [0.25, 0.3) is 0 Å². The third-order valence-corrected chi connectivity index (χ3v) is 4.21. The monoisotopic (exact) mass is 259 g/mol. The Hall–Kier alpha value is -1.84. The second kappa shape index (κ2) is 4.37. The number of aromatic hydroxyl groups is 1. The lowest BCUT2D eigenvalue weighted by Gasteiger charge is -2.19. The number of rotatable bonds is 1. The molecule has 2 fully saturated rings. The van der Waals surface area contributed by atoms with Crippen LogP contribution < -0.4 is 4.90 Å². The normalized spacial score (nSPS) is 26.7. The molecular weight excluding hydrogens is 242 g/mol. The molecule has 2 aliphatic rings. The Kier molecular flexibility index (Phi) is 2.81. The summed E-state index contributed by atoms with van der Waals surface area (Å²) in [7, 11) is 0. The maximum Gasteiger partial charge on any atom is 0.237 e. The van der Waals surface area contributed by atoms with Crippen molar-refractivity contribution in [2.24, 2.45) is 11.8 Å². The average Bonchev–Trinajstić information content (AvgIpc) is 2.66. The van der Waals surface area contributed by atoms with E-state index in [4.69, 9.17) is 0 Å². The highest BCUT2D eigenvalue weighted by molar-refractivity contribution is 6.22. The smallest absolute Gasteiger partial charge is 0.237 e. The largest absolute Gasteiger partial charge is 0.506 e. The summed E-state index contributed by atoms with van der Waals surface area (Å²) in [6.45, 7) is 1.88. The number of fused-ring (bicyclic) bond motifs is 1. The van der Waals surface area contributed by atoms with Crippen molar-refractivity contribution in [2.45, 2.75) is 32.6 Å². The van der Waals surface area contributed by atoms with Crippen LogP contribution in [0, 0.1) is 18.8 Å². The number of benzene rings is 1. The second-order valence-corrected chi connectivity index (χ2v) is 5.50. The van der Waals surface area contributed by atoms with Crippen LogP contribution in [0.15, 0.2) is 18.2 Å². The Morgan fingerprint density at radius 3 is 2.26 bits per heavy atom. The first-order valence-electron chi connectivity index (χ1n) is 6.77. The van der Waals surface area contributed by atoms with Crippen molar-refractivity contribution in [1.82, 2.24) is 0 Å². The maximum absolute atomic E-state index is 12.4. The molecule has 100 valence electrons. The van der Waals surface area contributed by atoms with Crippen LogP contribution in [-0.4, -0.2) is 16.9 Å². The molecule has 0 spiro atoms. The predicted molar refractivity (Wildman–Crippen MR) is 70.8 cm³/mol. The molecule has 1 aliphatic carbocycles. The molecule has 0 unspecified atom stereocenters. The highest BCUT2D eigenvalue weighted by Gasteiger charge is 2.49. The first-order chi connectivity index (χ1) is 9.09. The predicted octanol–water partition coefficient (Wildman–Crippen LogP) is 2.38. The van der Waals surface area contributed by atoms with Gasteiger partial charge < -0.3 is 5.11 Å². The number of nitrogens with zero attached hydrogens (tertiary/aromatic N) is 1. The molecule has 1 aromatic rings. The molecule has 4 nitrogen and oxygen atoms in total. The lowest BCUT2D eigenvalue weighted by Crippen LogP contribution is -2.30. The molecule has 4 heteroatoms. The number of hydrogen-bond donors (Lipinski definition) is 1. The third-order valence-electron chi connectivity index (χ3n) is 4.21. The zero-order chi connectivity index (χ0) is 13.6. The van der Waals surface area contributed by atoms with E-state index in [0.29, 0.717) is 5.69 Å². The minimum absolute atomic E-state index is 0.00838. The van der Waals surface area contributed by atoms with Crippen LogP contribution in [0.4, 0.5) is 5.69 Å². The summed E-state index contributed by atoms with van der Waals surface area (Å²) in [5.41, 5.74) is 1.26. The number of hydrogen-bond acceptors (Lipinski definition) is 3. The summed E-state index contributed by atoms with van der Waals surface area (Å²) in [6, 6.07) is 4.99. The topological polar surface area (TPSA) is 57.6 Å². The van der Waals surface area contributed by atoms with Crippen molar-refractivity contribution in [3.63, 3.8) is 0 Å². The third kappa shape index (κ3) is 1.82. The molecule has 2 amide bonds. The summed E-state index contributed by atoms with van der Waals surface area (Å²) in [4.78, 5) is 26.0.